The quantitative estimate of drug-likeness (QED) is 0.348. The number of methoxy groups -OCH3 is 2. The largest absolute Gasteiger partial charge is 0.504 e. The van der Waals surface area contributed by atoms with Crippen LogP contribution in [-0.4, -0.2) is 56.6 Å². The molecule has 0 spiro atoms. The van der Waals surface area contributed by atoms with Gasteiger partial charge >= 0.3 is 12.1 Å². The van der Waals surface area contributed by atoms with Gasteiger partial charge in [0.15, 0.2) is 29.1 Å². The standard InChI is InChI=1S/C22H25NO9S/c1-27-16-5-3-13(9-15(16)24)21(18(28-2)7-8-29-20(25)11-33)32-22(26)23-14-4-6-17-19(10-14)31-12-30-17/h3-6,9-10,18,21,24,33H,7-8,11-12H2,1-2H3,(H,23,26)/t18-,21-/m1/s1. The van der Waals surface area contributed by atoms with Gasteiger partial charge in [-0.1, -0.05) is 6.07 Å². The number of nitrogens with one attached hydrogen (secondary N) is 1. The number of phenolic OH excluding ortho intramolecular Hbond substituents is 1. The molecule has 1 aliphatic heterocycles. The molecule has 10 nitrogen and oxygen atoms in total. The van der Waals surface area contributed by atoms with E-state index in [1.165, 1.54) is 20.3 Å². The highest BCUT2D eigenvalue weighted by atomic mass is 32.1. The van der Waals surface area contributed by atoms with Crippen LogP contribution in [0.3, 0.4) is 0 Å². The Bertz CT molecular complexity index is 984. The lowest BCUT2D eigenvalue weighted by Gasteiger charge is -2.26. The maximum absolute atomic E-state index is 12.7. The van der Waals surface area contributed by atoms with Gasteiger partial charge in [-0.15, -0.1) is 0 Å². The number of esters is 1. The third kappa shape index (κ3) is 6.36. The van der Waals surface area contributed by atoms with Gasteiger partial charge in [0.2, 0.25) is 6.79 Å². The molecule has 2 aromatic rings. The van der Waals surface area contributed by atoms with E-state index in [-0.39, 0.29) is 37.1 Å². The Labute approximate surface area is 196 Å². The number of benzene rings is 2. The molecule has 33 heavy (non-hydrogen) atoms. The van der Waals surface area contributed by atoms with E-state index in [1.54, 1.807) is 30.3 Å². The zero-order valence-electron chi connectivity index (χ0n) is 18.1. The van der Waals surface area contributed by atoms with Gasteiger partial charge in [-0.25, -0.2) is 4.79 Å². The molecular weight excluding hydrogens is 454 g/mol. The van der Waals surface area contributed by atoms with Crippen molar-refractivity contribution in [2.24, 2.45) is 0 Å². The third-order valence-electron chi connectivity index (χ3n) is 4.82. The second-order valence-corrected chi connectivity index (χ2v) is 7.21. The molecule has 0 radical (unpaired) electrons. The first-order valence-corrected chi connectivity index (χ1v) is 10.6. The van der Waals surface area contributed by atoms with Crippen molar-refractivity contribution in [1.29, 1.82) is 0 Å². The highest BCUT2D eigenvalue weighted by Gasteiger charge is 2.29. The van der Waals surface area contributed by atoms with E-state index in [9.17, 15) is 14.7 Å². The lowest BCUT2D eigenvalue weighted by atomic mass is 10.0. The van der Waals surface area contributed by atoms with Gasteiger partial charge in [0, 0.05) is 25.3 Å². The normalized spacial score (nSPS) is 13.7. The Balaban J connectivity index is 1.77. The Morgan fingerprint density at radius 2 is 1.94 bits per heavy atom. The zero-order chi connectivity index (χ0) is 23.8. The summed E-state index contributed by atoms with van der Waals surface area (Å²) in [4.78, 5) is 24.1. The maximum atomic E-state index is 12.7. The van der Waals surface area contributed by atoms with Gasteiger partial charge in [-0.05, 0) is 29.8 Å². The Morgan fingerprint density at radius 3 is 2.64 bits per heavy atom. The number of phenols is 1. The number of thiol groups is 1. The van der Waals surface area contributed by atoms with Crippen molar-refractivity contribution in [3.05, 3.63) is 42.0 Å². The van der Waals surface area contributed by atoms with E-state index >= 15 is 0 Å². The van der Waals surface area contributed by atoms with E-state index in [2.05, 4.69) is 17.9 Å². The Morgan fingerprint density at radius 1 is 1.15 bits per heavy atom. The minimum absolute atomic E-state index is 0.0314. The number of hydrogen-bond acceptors (Lipinski definition) is 10. The first-order chi connectivity index (χ1) is 15.9. The number of carbonyl (C=O) groups is 2. The van der Waals surface area contributed by atoms with Crippen molar-refractivity contribution in [1.82, 2.24) is 0 Å². The number of rotatable bonds is 10. The predicted molar refractivity (Wildman–Crippen MR) is 120 cm³/mol. The number of carbonyl (C=O) groups excluding carboxylic acids is 2. The second-order valence-electron chi connectivity index (χ2n) is 6.89. The van der Waals surface area contributed by atoms with E-state index in [4.69, 9.17) is 28.4 Å². The van der Waals surface area contributed by atoms with Gasteiger partial charge in [0.05, 0.1) is 19.5 Å². The van der Waals surface area contributed by atoms with Gasteiger partial charge in [0.1, 0.15) is 6.10 Å². The average molecular weight is 480 g/mol. The zero-order valence-corrected chi connectivity index (χ0v) is 19.0. The number of fused-ring (bicyclic) bond motifs is 1. The number of hydrogen-bond donors (Lipinski definition) is 3. The van der Waals surface area contributed by atoms with Crippen molar-refractivity contribution >= 4 is 30.4 Å². The molecule has 0 aromatic heterocycles. The molecule has 2 atom stereocenters. The van der Waals surface area contributed by atoms with Crippen LogP contribution in [0.4, 0.5) is 10.5 Å². The molecule has 2 N–H and O–H groups in total. The maximum Gasteiger partial charge on any atom is 0.412 e. The molecule has 178 valence electrons. The van der Waals surface area contributed by atoms with Crippen LogP contribution in [0.25, 0.3) is 0 Å². The molecule has 0 aliphatic carbocycles. The molecule has 1 heterocycles. The monoisotopic (exact) mass is 479 g/mol. The second kappa shape index (κ2) is 11.5. The van der Waals surface area contributed by atoms with Gasteiger partial charge in [-0.2, -0.15) is 12.6 Å². The average Bonchev–Trinajstić information content (AvgIpc) is 3.28. The first-order valence-electron chi connectivity index (χ1n) is 9.98. The number of anilines is 1. The molecule has 0 saturated heterocycles. The molecular formula is C22H25NO9S. The Kier molecular flexibility index (Phi) is 8.50. The van der Waals surface area contributed by atoms with Crippen LogP contribution < -0.4 is 19.5 Å². The van der Waals surface area contributed by atoms with Crippen LogP contribution in [0.2, 0.25) is 0 Å². The number of amides is 1. The molecule has 11 heteroatoms. The summed E-state index contributed by atoms with van der Waals surface area (Å²) in [6.45, 7) is 0.142. The SMILES string of the molecule is COc1ccc([C@@H](OC(=O)Nc2ccc3c(c2)OCO3)[C@@H](CCOC(=O)CS)OC)cc1O. The molecule has 0 unspecified atom stereocenters. The molecule has 0 fully saturated rings. The lowest BCUT2D eigenvalue weighted by Crippen LogP contribution is -2.29. The van der Waals surface area contributed by atoms with E-state index < -0.39 is 24.3 Å². The van der Waals surface area contributed by atoms with E-state index in [0.717, 1.165) is 0 Å². The minimum atomic E-state index is -0.935. The van der Waals surface area contributed by atoms with Crippen LogP contribution in [0.15, 0.2) is 36.4 Å². The van der Waals surface area contributed by atoms with Gasteiger partial charge < -0.3 is 33.5 Å². The highest BCUT2D eigenvalue weighted by Crippen LogP contribution is 2.35. The van der Waals surface area contributed by atoms with Crippen LogP contribution in [0.1, 0.15) is 18.1 Å². The predicted octanol–water partition coefficient (Wildman–Crippen LogP) is 3.30. The van der Waals surface area contributed by atoms with Crippen molar-refractivity contribution in [3.63, 3.8) is 0 Å². The topological polar surface area (TPSA) is 122 Å². The van der Waals surface area contributed by atoms with Crippen LogP contribution in [-0.2, 0) is 19.0 Å². The Hall–Kier alpha value is -3.31. The van der Waals surface area contributed by atoms with Gasteiger partial charge in [0.25, 0.3) is 0 Å². The number of ether oxygens (including phenoxy) is 6. The van der Waals surface area contributed by atoms with Crippen molar-refractivity contribution < 1.29 is 43.1 Å². The minimum Gasteiger partial charge on any atom is -0.504 e. The summed E-state index contributed by atoms with van der Waals surface area (Å²) in [6, 6.07) is 9.54. The summed E-state index contributed by atoms with van der Waals surface area (Å²) in [5, 5.41) is 12.8. The summed E-state index contributed by atoms with van der Waals surface area (Å²) in [7, 11) is 2.87. The molecule has 0 saturated carbocycles. The summed E-state index contributed by atoms with van der Waals surface area (Å²) in [6.07, 6.45) is -2.16. The van der Waals surface area contributed by atoms with Crippen molar-refractivity contribution in [3.8, 4) is 23.0 Å². The fourth-order valence-corrected chi connectivity index (χ4v) is 3.30. The van der Waals surface area contributed by atoms with E-state index in [0.29, 0.717) is 22.7 Å². The molecule has 0 bridgehead atoms. The molecule has 3 rings (SSSR count). The van der Waals surface area contributed by atoms with Crippen LogP contribution >= 0.6 is 12.6 Å². The summed E-state index contributed by atoms with van der Waals surface area (Å²) in [5.41, 5.74) is 0.902. The molecule has 1 aliphatic rings. The van der Waals surface area contributed by atoms with Crippen molar-refractivity contribution in [2.75, 3.05) is 38.7 Å². The highest BCUT2D eigenvalue weighted by molar-refractivity contribution is 7.81. The summed E-state index contributed by atoms with van der Waals surface area (Å²) in [5.74, 6) is 0.686. The fourth-order valence-electron chi connectivity index (χ4n) is 3.21. The number of aromatic hydroxyl groups is 1. The van der Waals surface area contributed by atoms with E-state index in [1.807, 2.05) is 0 Å². The first kappa shape index (κ1) is 24.3. The molecule has 1 amide bonds. The van der Waals surface area contributed by atoms with Crippen molar-refractivity contribution in [2.45, 2.75) is 18.6 Å². The molecule has 2 aromatic carbocycles. The third-order valence-corrected chi connectivity index (χ3v) is 5.08. The van der Waals surface area contributed by atoms with Crippen LogP contribution in [0, 0.1) is 0 Å². The lowest BCUT2D eigenvalue weighted by molar-refractivity contribution is -0.141. The smallest absolute Gasteiger partial charge is 0.412 e. The summed E-state index contributed by atoms with van der Waals surface area (Å²) < 4.78 is 31.9. The fraction of sp³-hybridized carbons (Fsp3) is 0.364. The summed E-state index contributed by atoms with van der Waals surface area (Å²) >= 11 is 3.87. The van der Waals surface area contributed by atoms with Gasteiger partial charge in [-0.3, -0.25) is 10.1 Å². The van der Waals surface area contributed by atoms with Crippen LogP contribution in [0.5, 0.6) is 23.0 Å².